The maximum Gasteiger partial charge on any atom is 0.408 e. The Bertz CT molecular complexity index is 1190. The molecule has 9 heteroatoms. The molecule has 0 saturated heterocycles. The van der Waals surface area contributed by atoms with Crippen molar-refractivity contribution in [3.05, 3.63) is 63.7 Å². The predicted octanol–water partition coefficient (Wildman–Crippen LogP) is 7.02. The van der Waals surface area contributed by atoms with Crippen molar-refractivity contribution in [1.29, 1.82) is 0 Å². The Labute approximate surface area is 256 Å². The molecule has 0 heterocycles. The SMILES string of the molecule is CCCCCCCCN(C(=O)C(CO)NC(=O)OC(C)(C)C)C(C(=O)Nc1c(C)cccc1Cl)c1cc(C)ccc1C. The molecule has 0 saturated carbocycles. The van der Waals surface area contributed by atoms with Gasteiger partial charge in [0.1, 0.15) is 17.7 Å². The molecule has 42 heavy (non-hydrogen) atoms. The van der Waals surface area contributed by atoms with E-state index in [1.165, 1.54) is 4.90 Å². The van der Waals surface area contributed by atoms with Crippen molar-refractivity contribution in [1.82, 2.24) is 10.2 Å². The van der Waals surface area contributed by atoms with Gasteiger partial charge >= 0.3 is 6.09 Å². The summed E-state index contributed by atoms with van der Waals surface area (Å²) in [4.78, 5) is 42.4. The summed E-state index contributed by atoms with van der Waals surface area (Å²) in [6.07, 6.45) is 5.06. The molecule has 3 amide bonds. The molecule has 2 aromatic carbocycles. The molecule has 0 aromatic heterocycles. The summed E-state index contributed by atoms with van der Waals surface area (Å²) in [5, 5.41) is 16.1. The number of anilines is 1. The van der Waals surface area contributed by atoms with Crippen LogP contribution in [0, 0.1) is 20.8 Å². The largest absolute Gasteiger partial charge is 0.444 e. The lowest BCUT2D eigenvalue weighted by Gasteiger charge is -2.35. The topological polar surface area (TPSA) is 108 Å². The summed E-state index contributed by atoms with van der Waals surface area (Å²) in [6.45, 7) is 12.6. The number of aryl methyl sites for hydroxylation is 3. The van der Waals surface area contributed by atoms with Gasteiger partial charge in [-0.15, -0.1) is 0 Å². The van der Waals surface area contributed by atoms with Crippen LogP contribution in [0.15, 0.2) is 36.4 Å². The highest BCUT2D eigenvalue weighted by atomic mass is 35.5. The highest BCUT2D eigenvalue weighted by Gasteiger charge is 2.37. The summed E-state index contributed by atoms with van der Waals surface area (Å²) in [6, 6.07) is 8.77. The first-order chi connectivity index (χ1) is 19.8. The highest BCUT2D eigenvalue weighted by molar-refractivity contribution is 6.34. The number of alkyl carbamates (subject to hydrolysis) is 1. The van der Waals surface area contributed by atoms with Crippen molar-refractivity contribution >= 4 is 35.2 Å². The van der Waals surface area contributed by atoms with Gasteiger partial charge in [-0.25, -0.2) is 4.79 Å². The van der Waals surface area contributed by atoms with Gasteiger partial charge in [-0.1, -0.05) is 86.5 Å². The lowest BCUT2D eigenvalue weighted by atomic mass is 9.95. The van der Waals surface area contributed by atoms with Gasteiger partial charge in [-0.3, -0.25) is 9.59 Å². The number of rotatable bonds is 14. The van der Waals surface area contributed by atoms with E-state index in [9.17, 15) is 19.5 Å². The molecule has 232 valence electrons. The molecule has 0 aliphatic carbocycles. The fourth-order valence-electron chi connectivity index (χ4n) is 4.75. The normalized spacial score (nSPS) is 12.8. The zero-order chi connectivity index (χ0) is 31.4. The van der Waals surface area contributed by atoms with Crippen LogP contribution >= 0.6 is 11.6 Å². The highest BCUT2D eigenvalue weighted by Crippen LogP contribution is 2.31. The van der Waals surface area contributed by atoms with Crippen LogP contribution in [0.5, 0.6) is 0 Å². The summed E-state index contributed by atoms with van der Waals surface area (Å²) >= 11 is 6.46. The van der Waals surface area contributed by atoms with Crippen molar-refractivity contribution < 1.29 is 24.2 Å². The van der Waals surface area contributed by atoms with Gasteiger partial charge in [-0.2, -0.15) is 0 Å². The lowest BCUT2D eigenvalue weighted by molar-refractivity contribution is -0.141. The minimum Gasteiger partial charge on any atom is -0.444 e. The minimum atomic E-state index is -1.30. The number of halogens is 1. The molecule has 2 atom stereocenters. The molecule has 2 aromatic rings. The second-order valence-corrected chi connectivity index (χ2v) is 12.3. The Kier molecular flexibility index (Phi) is 13.8. The van der Waals surface area contributed by atoms with Gasteiger partial charge in [0, 0.05) is 6.54 Å². The smallest absolute Gasteiger partial charge is 0.408 e. The van der Waals surface area contributed by atoms with E-state index in [-0.39, 0.29) is 6.54 Å². The van der Waals surface area contributed by atoms with E-state index < -0.39 is 42.2 Å². The number of para-hydroxylation sites is 1. The van der Waals surface area contributed by atoms with Crippen molar-refractivity contribution in [3.63, 3.8) is 0 Å². The van der Waals surface area contributed by atoms with Crippen molar-refractivity contribution in [2.24, 2.45) is 0 Å². The van der Waals surface area contributed by atoms with Crippen LogP contribution in [0.25, 0.3) is 0 Å². The van der Waals surface area contributed by atoms with Gasteiger partial charge in [0.25, 0.3) is 5.91 Å². The molecule has 8 nitrogen and oxygen atoms in total. The summed E-state index contributed by atoms with van der Waals surface area (Å²) in [7, 11) is 0. The Morgan fingerprint density at radius 2 is 1.64 bits per heavy atom. The Hall–Kier alpha value is -3.10. The molecule has 0 spiro atoms. The van der Waals surface area contributed by atoms with E-state index in [1.807, 2.05) is 45.0 Å². The number of nitrogens with zero attached hydrogens (tertiary/aromatic N) is 1. The minimum absolute atomic E-state index is 0.254. The van der Waals surface area contributed by atoms with Gasteiger partial charge in [-0.05, 0) is 70.7 Å². The van der Waals surface area contributed by atoms with Crippen LogP contribution in [0.1, 0.15) is 94.5 Å². The number of unbranched alkanes of at least 4 members (excludes halogenated alkanes) is 5. The quantitative estimate of drug-likeness (QED) is 0.202. The first kappa shape index (κ1) is 35.1. The summed E-state index contributed by atoms with van der Waals surface area (Å²) in [5.41, 5.74) is 2.88. The number of carbonyl (C=O) groups excluding carboxylic acids is 3. The first-order valence-corrected chi connectivity index (χ1v) is 15.2. The number of amides is 3. The van der Waals surface area contributed by atoms with E-state index in [0.29, 0.717) is 22.7 Å². The standard InChI is InChI=1S/C33H48ClN3O5/c1-8-9-10-11-12-13-19-37(31(40)27(21-38)35-32(41)42-33(5,6)7)29(25-20-22(2)17-18-23(25)3)30(39)36-28-24(4)15-14-16-26(28)34/h14-18,20,27,29,38H,8-13,19,21H2,1-7H3,(H,35,41)(H,36,39). The van der Waals surface area contributed by atoms with Gasteiger partial charge in [0.15, 0.2) is 0 Å². The molecule has 3 N–H and O–H groups in total. The van der Waals surface area contributed by atoms with Crippen LogP contribution < -0.4 is 10.6 Å². The van der Waals surface area contributed by atoms with E-state index in [1.54, 1.807) is 32.9 Å². The number of hydrogen-bond donors (Lipinski definition) is 3. The van der Waals surface area contributed by atoms with Gasteiger partial charge in [0.2, 0.25) is 5.91 Å². The zero-order valence-corrected chi connectivity index (χ0v) is 26.9. The van der Waals surface area contributed by atoms with E-state index in [4.69, 9.17) is 16.3 Å². The monoisotopic (exact) mass is 601 g/mol. The van der Waals surface area contributed by atoms with Crippen molar-refractivity contribution in [2.75, 3.05) is 18.5 Å². The molecule has 0 bridgehead atoms. The fraction of sp³-hybridized carbons (Fsp3) is 0.545. The number of hydrogen-bond acceptors (Lipinski definition) is 5. The van der Waals surface area contributed by atoms with Crippen LogP contribution in [0.4, 0.5) is 10.5 Å². The summed E-state index contributed by atoms with van der Waals surface area (Å²) < 4.78 is 5.34. The van der Waals surface area contributed by atoms with E-state index in [2.05, 4.69) is 17.6 Å². The third-order valence-electron chi connectivity index (χ3n) is 6.97. The van der Waals surface area contributed by atoms with Gasteiger partial charge < -0.3 is 25.4 Å². The van der Waals surface area contributed by atoms with E-state index >= 15 is 0 Å². The average molecular weight is 602 g/mol. The Morgan fingerprint density at radius 3 is 2.26 bits per heavy atom. The average Bonchev–Trinajstić information content (AvgIpc) is 2.91. The molecule has 0 aliphatic rings. The number of benzene rings is 2. The van der Waals surface area contributed by atoms with Crippen LogP contribution in [-0.2, 0) is 14.3 Å². The third-order valence-corrected chi connectivity index (χ3v) is 7.28. The number of carbonyl (C=O) groups is 3. The second kappa shape index (κ2) is 16.5. The van der Waals surface area contributed by atoms with Crippen molar-refractivity contribution in [2.45, 2.75) is 105 Å². The number of aliphatic hydroxyl groups is 1. The summed E-state index contributed by atoms with van der Waals surface area (Å²) in [5.74, 6) is -1.01. The molecule has 0 aliphatic heterocycles. The molecular formula is C33H48ClN3O5. The molecule has 0 radical (unpaired) electrons. The third kappa shape index (κ3) is 10.6. The van der Waals surface area contributed by atoms with Gasteiger partial charge in [0.05, 0.1) is 17.3 Å². The molecule has 2 rings (SSSR count). The maximum absolute atomic E-state index is 14.2. The molecule has 0 fully saturated rings. The zero-order valence-electron chi connectivity index (χ0n) is 26.2. The Morgan fingerprint density at radius 1 is 0.976 bits per heavy atom. The lowest BCUT2D eigenvalue weighted by Crippen LogP contribution is -2.54. The first-order valence-electron chi connectivity index (χ1n) is 14.8. The van der Waals surface area contributed by atoms with Crippen LogP contribution in [0.3, 0.4) is 0 Å². The van der Waals surface area contributed by atoms with E-state index in [0.717, 1.165) is 48.8 Å². The maximum atomic E-state index is 14.2. The number of nitrogens with one attached hydrogen (secondary N) is 2. The molecular weight excluding hydrogens is 554 g/mol. The van der Waals surface area contributed by atoms with Crippen LogP contribution in [-0.4, -0.2) is 52.7 Å². The molecule has 2 unspecified atom stereocenters. The van der Waals surface area contributed by atoms with Crippen LogP contribution in [0.2, 0.25) is 5.02 Å². The fourth-order valence-corrected chi connectivity index (χ4v) is 5.02. The number of ether oxygens (including phenoxy) is 1. The Balaban J connectivity index is 2.55. The predicted molar refractivity (Wildman–Crippen MR) is 169 cm³/mol. The van der Waals surface area contributed by atoms with Crippen molar-refractivity contribution in [3.8, 4) is 0 Å². The number of aliphatic hydroxyl groups excluding tert-OH is 1. The second-order valence-electron chi connectivity index (χ2n) is 11.9.